The molecule has 2 aliphatic heterocycles. The van der Waals surface area contributed by atoms with Gasteiger partial charge in [-0.3, -0.25) is 4.90 Å². The van der Waals surface area contributed by atoms with Crippen molar-refractivity contribution in [2.75, 3.05) is 6.61 Å². The fourth-order valence-electron chi connectivity index (χ4n) is 4.38. The van der Waals surface area contributed by atoms with Crippen LogP contribution in [0.2, 0.25) is 0 Å². The van der Waals surface area contributed by atoms with E-state index in [1.807, 2.05) is 11.6 Å². The summed E-state index contributed by atoms with van der Waals surface area (Å²) in [5, 5.41) is 11.6. The third kappa shape index (κ3) is 4.72. The fraction of sp³-hybridized carbons (Fsp3) is 0.474. The smallest absolute Gasteiger partial charge is 0.217 e. The summed E-state index contributed by atoms with van der Waals surface area (Å²) in [5.74, 6) is 0.338. The number of imidazole rings is 1. The Morgan fingerprint density at radius 1 is 1.12 bits per heavy atom. The zero-order chi connectivity index (χ0) is 21.0. The molecule has 1 saturated heterocycles. The molecule has 33 heavy (non-hydrogen) atoms. The highest BCUT2D eigenvalue weighted by molar-refractivity contribution is 5.85. The highest BCUT2D eigenvalue weighted by atomic mass is 35.5. The van der Waals surface area contributed by atoms with Gasteiger partial charge in [-0.1, -0.05) is 0 Å². The number of hydrogen-bond donors (Lipinski definition) is 1. The van der Waals surface area contributed by atoms with Crippen molar-refractivity contribution in [3.63, 3.8) is 0 Å². The minimum atomic E-state index is -0.657. The first-order chi connectivity index (χ1) is 14.4. The zero-order valence-corrected chi connectivity index (χ0v) is 19.6. The molecule has 2 aromatic heterocycles. The van der Waals surface area contributed by atoms with Crippen LogP contribution in [0.25, 0.3) is 11.6 Å². The maximum Gasteiger partial charge on any atom is 0.217 e. The van der Waals surface area contributed by atoms with Gasteiger partial charge in [0.2, 0.25) is 5.82 Å². The van der Waals surface area contributed by atoms with Gasteiger partial charge in [-0.2, -0.15) is 0 Å². The number of tetrazole rings is 1. The average molecular weight is 507 g/mol. The molecule has 4 N–H and O–H groups in total. The van der Waals surface area contributed by atoms with E-state index < -0.39 is 23.8 Å². The van der Waals surface area contributed by atoms with Gasteiger partial charge in [0.15, 0.2) is 5.82 Å². The molecule has 0 saturated carbocycles. The molecule has 14 heteroatoms. The van der Waals surface area contributed by atoms with Crippen molar-refractivity contribution >= 4 is 24.8 Å². The summed E-state index contributed by atoms with van der Waals surface area (Å²) in [6.45, 7) is 1.75. The van der Waals surface area contributed by atoms with Gasteiger partial charge in [0, 0.05) is 44.8 Å². The Kier molecular flexibility index (Phi) is 8.49. The number of ether oxygens (including phenoxy) is 1. The number of rotatable bonds is 3. The summed E-state index contributed by atoms with van der Waals surface area (Å²) in [5.41, 5.74) is 8.56. The Bertz CT molecular complexity index is 1110. The van der Waals surface area contributed by atoms with Crippen LogP contribution in [0, 0.1) is 11.6 Å². The molecule has 3 aromatic rings. The van der Waals surface area contributed by atoms with E-state index in [0.717, 1.165) is 29.3 Å². The van der Waals surface area contributed by atoms with Crippen molar-refractivity contribution in [3.05, 3.63) is 46.8 Å². The van der Waals surface area contributed by atoms with Gasteiger partial charge in [-0.05, 0) is 35.0 Å². The van der Waals surface area contributed by atoms with Crippen LogP contribution in [-0.2, 0) is 31.9 Å². The largest absolute Gasteiger partial charge is 0.412 e. The second kappa shape index (κ2) is 10.4. The third-order valence-electron chi connectivity index (χ3n) is 6.00. The van der Waals surface area contributed by atoms with E-state index >= 15 is 0 Å². The van der Waals surface area contributed by atoms with Crippen LogP contribution in [0.3, 0.4) is 0 Å². The van der Waals surface area contributed by atoms with Crippen LogP contribution >= 0.6 is 24.8 Å². The normalized spacial score (nSPS) is 22.2. The lowest BCUT2D eigenvalue weighted by atomic mass is 9.93. The number of nitrogens with zero attached hydrogens (tertiary/aromatic N) is 7. The minimum absolute atomic E-state index is 0. The van der Waals surface area contributed by atoms with Gasteiger partial charge in [0.05, 0.1) is 18.0 Å². The van der Waals surface area contributed by atoms with Crippen molar-refractivity contribution in [1.29, 1.82) is 0 Å². The Hall–Kier alpha value is -2.22. The van der Waals surface area contributed by atoms with Gasteiger partial charge >= 0.3 is 0 Å². The molecule has 1 aromatic carbocycles. The van der Waals surface area contributed by atoms with Crippen molar-refractivity contribution < 1.29 is 19.0 Å². The summed E-state index contributed by atoms with van der Waals surface area (Å²) in [6, 6.07) is 3.01. The van der Waals surface area contributed by atoms with Gasteiger partial charge in [0.1, 0.15) is 17.7 Å². The van der Waals surface area contributed by atoms with Crippen LogP contribution in [0.1, 0.15) is 29.5 Å². The summed E-state index contributed by atoms with van der Waals surface area (Å²) in [6.07, 6.45) is -0.0376. The predicted molar refractivity (Wildman–Crippen MR) is 120 cm³/mol. The molecule has 0 aliphatic carbocycles. The lowest BCUT2D eigenvalue weighted by Crippen LogP contribution is -2.47. The molecule has 0 unspecified atom stereocenters. The van der Waals surface area contributed by atoms with Crippen LogP contribution in [0.15, 0.2) is 18.2 Å². The Morgan fingerprint density at radius 2 is 1.88 bits per heavy atom. The summed E-state index contributed by atoms with van der Waals surface area (Å²) in [7, 11) is 3.73. The highest BCUT2D eigenvalue weighted by Crippen LogP contribution is 2.35. The van der Waals surface area contributed by atoms with Crippen LogP contribution in [0.5, 0.6) is 0 Å². The van der Waals surface area contributed by atoms with Crippen LogP contribution in [-0.4, -0.2) is 58.8 Å². The predicted octanol–water partition coefficient (Wildman–Crippen LogP) is 1.08. The Labute approximate surface area is 201 Å². The second-order valence-electron chi connectivity index (χ2n) is 7.89. The molecule has 1 fully saturated rings. The SMILES string of the molecule is Cl.Cl.Cn1nnnc1-c1nc2c(n1C)CN([C@H]1CO[C@H](c3cc(F)ccc3F)[C@@H](N)C1)C2.O. The summed E-state index contributed by atoms with van der Waals surface area (Å²) < 4.78 is 37.2. The lowest BCUT2D eigenvalue weighted by Gasteiger charge is -2.38. The average Bonchev–Trinajstić information content (AvgIpc) is 3.40. The molecule has 3 atom stereocenters. The Balaban J connectivity index is 0.00000128. The monoisotopic (exact) mass is 506 g/mol. The van der Waals surface area contributed by atoms with E-state index in [0.29, 0.717) is 31.9 Å². The minimum Gasteiger partial charge on any atom is -0.412 e. The van der Waals surface area contributed by atoms with E-state index in [9.17, 15) is 8.78 Å². The molecule has 0 radical (unpaired) electrons. The molecular weight excluding hydrogens is 481 g/mol. The van der Waals surface area contributed by atoms with Gasteiger partial charge in [0.25, 0.3) is 0 Å². The van der Waals surface area contributed by atoms with Crippen LogP contribution < -0.4 is 5.73 Å². The maximum atomic E-state index is 14.2. The summed E-state index contributed by atoms with van der Waals surface area (Å²) >= 11 is 0. The van der Waals surface area contributed by atoms with Crippen molar-refractivity contribution in [3.8, 4) is 11.6 Å². The first-order valence-corrected chi connectivity index (χ1v) is 9.75. The molecule has 0 bridgehead atoms. The number of nitrogens with two attached hydrogens (primary N) is 1. The molecule has 0 amide bonds. The van der Waals surface area contributed by atoms with E-state index in [4.69, 9.17) is 15.5 Å². The lowest BCUT2D eigenvalue weighted by molar-refractivity contribution is -0.0534. The number of benzene rings is 1. The number of hydrogen-bond acceptors (Lipinski definition) is 7. The maximum absolute atomic E-state index is 14.2. The first kappa shape index (κ1) is 27.0. The van der Waals surface area contributed by atoms with Gasteiger partial charge in [-0.15, -0.1) is 29.9 Å². The van der Waals surface area contributed by atoms with Crippen molar-refractivity contribution in [1.82, 2.24) is 34.7 Å². The summed E-state index contributed by atoms with van der Waals surface area (Å²) in [4.78, 5) is 6.99. The van der Waals surface area contributed by atoms with Crippen LogP contribution in [0.4, 0.5) is 8.78 Å². The zero-order valence-electron chi connectivity index (χ0n) is 18.0. The number of halogens is 4. The van der Waals surface area contributed by atoms with E-state index in [-0.39, 0.29) is 41.9 Å². The topological polar surface area (TPSA) is 131 Å². The van der Waals surface area contributed by atoms with Gasteiger partial charge < -0.3 is 20.5 Å². The molecule has 182 valence electrons. The quantitative estimate of drug-likeness (QED) is 0.561. The van der Waals surface area contributed by atoms with E-state index in [2.05, 4.69) is 20.4 Å². The molecule has 5 rings (SSSR count). The first-order valence-electron chi connectivity index (χ1n) is 9.75. The molecule has 2 aliphatic rings. The fourth-order valence-corrected chi connectivity index (χ4v) is 4.38. The Morgan fingerprint density at radius 3 is 2.52 bits per heavy atom. The van der Waals surface area contributed by atoms with Gasteiger partial charge in [-0.25, -0.2) is 18.4 Å². The number of fused-ring (bicyclic) bond motifs is 1. The standard InChI is InChI=1S/C19H22F2N8O.2ClH.H2O/c1-27-16-8-29(7-15(16)23-18(27)19-24-25-26-28(19)2)11-6-14(22)17(30-9-11)12-5-10(20)3-4-13(12)21;;;/h3-5,11,14,17H,6-9,22H2,1-2H3;2*1H;1H2/t11-,14+,17-;;;/m1.../s1. The highest BCUT2D eigenvalue weighted by Gasteiger charge is 2.38. The van der Waals surface area contributed by atoms with Crippen molar-refractivity contribution in [2.45, 2.75) is 37.7 Å². The molecular formula is C19H26Cl2F2N8O2. The van der Waals surface area contributed by atoms with E-state index in [1.54, 1.807) is 11.7 Å². The van der Waals surface area contributed by atoms with Crippen molar-refractivity contribution in [2.24, 2.45) is 19.8 Å². The molecule has 4 heterocycles. The third-order valence-corrected chi connectivity index (χ3v) is 6.00. The number of aryl methyl sites for hydroxylation is 1. The molecule has 0 spiro atoms. The number of aromatic nitrogens is 6. The van der Waals surface area contributed by atoms with E-state index in [1.165, 1.54) is 6.07 Å². The molecule has 10 nitrogen and oxygen atoms in total. The second-order valence-corrected chi connectivity index (χ2v) is 7.89.